The third-order valence-electron chi connectivity index (χ3n) is 4.68. The van der Waals surface area contributed by atoms with E-state index in [1.807, 2.05) is 49.2 Å². The van der Waals surface area contributed by atoms with Gasteiger partial charge in [0, 0.05) is 13.1 Å². The highest BCUT2D eigenvalue weighted by Gasteiger charge is 2.26. The van der Waals surface area contributed by atoms with Gasteiger partial charge in [-0.15, -0.1) is 0 Å². The summed E-state index contributed by atoms with van der Waals surface area (Å²) in [6.45, 7) is 1.86. The maximum atomic E-state index is 12.6. The number of likely N-dealkylation sites (N-methyl/N-ethyl adjacent to an activating group) is 1. The molecule has 2 atom stereocenters. The predicted molar refractivity (Wildman–Crippen MR) is 88.5 cm³/mol. The molecule has 22 heavy (non-hydrogen) atoms. The number of amides is 1. The monoisotopic (exact) mass is 304 g/mol. The summed E-state index contributed by atoms with van der Waals surface area (Å²) >= 11 is 0. The Morgan fingerprint density at radius 3 is 2.50 bits per heavy atom. The molecule has 2 rings (SSSR count). The molecule has 4 nitrogen and oxygen atoms in total. The van der Waals surface area contributed by atoms with E-state index in [1.165, 1.54) is 19.3 Å². The minimum atomic E-state index is -0.302. The summed E-state index contributed by atoms with van der Waals surface area (Å²) in [7, 11) is 1.91. The maximum absolute atomic E-state index is 12.6. The predicted octanol–water partition coefficient (Wildman–Crippen LogP) is 2.49. The van der Waals surface area contributed by atoms with Crippen molar-refractivity contribution in [2.24, 2.45) is 0 Å². The standard InChI is InChI=1S/C18H28N2O2/c1-14(18(22)20(2)16-11-7-4-8-12-16)19-17(13-21)15-9-5-3-6-10-15/h3,5-6,9-10,14,16-17,19,21H,4,7-8,11-13H2,1-2H3. The Balaban J connectivity index is 1.94. The lowest BCUT2D eigenvalue weighted by atomic mass is 9.94. The topological polar surface area (TPSA) is 52.6 Å². The van der Waals surface area contributed by atoms with Crippen LogP contribution in [0.3, 0.4) is 0 Å². The first kappa shape index (κ1) is 17.0. The van der Waals surface area contributed by atoms with Crippen LogP contribution in [0.4, 0.5) is 0 Å². The molecular formula is C18H28N2O2. The molecule has 1 amide bonds. The zero-order valence-electron chi connectivity index (χ0n) is 13.7. The molecule has 0 heterocycles. The number of carbonyl (C=O) groups is 1. The first-order valence-corrected chi connectivity index (χ1v) is 8.32. The van der Waals surface area contributed by atoms with Gasteiger partial charge < -0.3 is 10.0 Å². The number of aliphatic hydroxyl groups is 1. The lowest BCUT2D eigenvalue weighted by Gasteiger charge is -2.34. The van der Waals surface area contributed by atoms with Crippen LogP contribution in [0.25, 0.3) is 0 Å². The molecule has 1 fully saturated rings. The van der Waals surface area contributed by atoms with Crippen LogP contribution in [0, 0.1) is 0 Å². The fraction of sp³-hybridized carbons (Fsp3) is 0.611. The van der Waals surface area contributed by atoms with Crippen molar-refractivity contribution < 1.29 is 9.90 Å². The SMILES string of the molecule is CC(NC(CO)c1ccccc1)C(=O)N(C)C1CCCCC1. The van der Waals surface area contributed by atoms with Crippen LogP contribution >= 0.6 is 0 Å². The zero-order chi connectivity index (χ0) is 15.9. The van der Waals surface area contributed by atoms with Gasteiger partial charge in [0.15, 0.2) is 0 Å². The summed E-state index contributed by atoms with van der Waals surface area (Å²) in [5.74, 6) is 0.112. The molecule has 0 aliphatic heterocycles. The summed E-state index contributed by atoms with van der Waals surface area (Å²) in [5, 5.41) is 12.9. The first-order valence-electron chi connectivity index (χ1n) is 8.32. The van der Waals surface area contributed by atoms with Crippen LogP contribution in [-0.4, -0.2) is 41.7 Å². The Hall–Kier alpha value is -1.39. The molecule has 0 bridgehead atoms. The van der Waals surface area contributed by atoms with E-state index in [9.17, 15) is 9.90 Å². The third kappa shape index (κ3) is 4.31. The molecule has 1 aromatic rings. The van der Waals surface area contributed by atoms with Gasteiger partial charge in [0.2, 0.25) is 5.91 Å². The van der Waals surface area contributed by atoms with E-state index in [0.29, 0.717) is 6.04 Å². The van der Waals surface area contributed by atoms with Crippen LogP contribution < -0.4 is 5.32 Å². The van der Waals surface area contributed by atoms with Crippen LogP contribution in [0.2, 0.25) is 0 Å². The van der Waals surface area contributed by atoms with Crippen molar-refractivity contribution in [2.45, 2.75) is 57.2 Å². The molecule has 1 saturated carbocycles. The number of nitrogens with one attached hydrogen (secondary N) is 1. The number of carbonyl (C=O) groups excluding carboxylic acids is 1. The summed E-state index contributed by atoms with van der Waals surface area (Å²) in [6, 6.07) is 9.63. The molecule has 1 aliphatic carbocycles. The van der Waals surface area contributed by atoms with E-state index < -0.39 is 0 Å². The number of hydrogen-bond donors (Lipinski definition) is 2. The number of hydrogen-bond acceptors (Lipinski definition) is 3. The zero-order valence-corrected chi connectivity index (χ0v) is 13.7. The van der Waals surface area contributed by atoms with Gasteiger partial charge in [-0.3, -0.25) is 10.1 Å². The highest BCUT2D eigenvalue weighted by Crippen LogP contribution is 2.22. The smallest absolute Gasteiger partial charge is 0.239 e. The van der Waals surface area contributed by atoms with E-state index in [0.717, 1.165) is 18.4 Å². The van der Waals surface area contributed by atoms with Gasteiger partial charge in [-0.25, -0.2) is 0 Å². The largest absolute Gasteiger partial charge is 0.394 e. The second-order valence-corrected chi connectivity index (χ2v) is 6.28. The molecule has 122 valence electrons. The van der Waals surface area contributed by atoms with Gasteiger partial charge in [0.1, 0.15) is 0 Å². The normalized spacial score (nSPS) is 18.7. The Labute approximate surface area is 133 Å². The van der Waals surface area contributed by atoms with Gasteiger partial charge in [0.05, 0.1) is 18.7 Å². The molecule has 1 aliphatic rings. The molecule has 0 aromatic heterocycles. The Morgan fingerprint density at radius 1 is 1.27 bits per heavy atom. The van der Waals surface area contributed by atoms with Crippen molar-refractivity contribution >= 4 is 5.91 Å². The lowest BCUT2D eigenvalue weighted by Crippen LogP contribution is -2.49. The lowest BCUT2D eigenvalue weighted by molar-refractivity contribution is -0.134. The molecule has 0 radical (unpaired) electrons. The Bertz CT molecular complexity index is 457. The minimum Gasteiger partial charge on any atom is -0.394 e. The third-order valence-corrected chi connectivity index (χ3v) is 4.68. The molecule has 2 N–H and O–H groups in total. The van der Waals surface area contributed by atoms with Crippen molar-refractivity contribution in [3.63, 3.8) is 0 Å². The average molecular weight is 304 g/mol. The van der Waals surface area contributed by atoms with E-state index >= 15 is 0 Å². The quantitative estimate of drug-likeness (QED) is 0.849. The Kier molecular flexibility index (Phi) is 6.40. The summed E-state index contributed by atoms with van der Waals surface area (Å²) in [6.07, 6.45) is 5.93. The van der Waals surface area contributed by atoms with Crippen molar-refractivity contribution in [3.05, 3.63) is 35.9 Å². The van der Waals surface area contributed by atoms with Crippen molar-refractivity contribution in [1.29, 1.82) is 0 Å². The maximum Gasteiger partial charge on any atom is 0.239 e. The van der Waals surface area contributed by atoms with E-state index in [-0.39, 0.29) is 24.6 Å². The van der Waals surface area contributed by atoms with E-state index in [4.69, 9.17) is 0 Å². The van der Waals surface area contributed by atoms with Crippen LogP contribution in [0.5, 0.6) is 0 Å². The van der Waals surface area contributed by atoms with Crippen molar-refractivity contribution in [1.82, 2.24) is 10.2 Å². The number of aliphatic hydroxyl groups excluding tert-OH is 1. The summed E-state index contributed by atoms with van der Waals surface area (Å²) in [5.41, 5.74) is 1.00. The average Bonchev–Trinajstić information content (AvgIpc) is 2.59. The number of rotatable bonds is 6. The van der Waals surface area contributed by atoms with Crippen LogP contribution in [0.15, 0.2) is 30.3 Å². The second-order valence-electron chi connectivity index (χ2n) is 6.28. The second kappa shape index (κ2) is 8.30. The van der Waals surface area contributed by atoms with Gasteiger partial charge in [0.25, 0.3) is 0 Å². The van der Waals surface area contributed by atoms with Crippen LogP contribution in [0.1, 0.15) is 50.6 Å². The van der Waals surface area contributed by atoms with Gasteiger partial charge in [-0.1, -0.05) is 49.6 Å². The summed E-state index contributed by atoms with van der Waals surface area (Å²) in [4.78, 5) is 14.5. The fourth-order valence-electron chi connectivity index (χ4n) is 3.27. The highest BCUT2D eigenvalue weighted by molar-refractivity contribution is 5.81. The molecule has 4 heteroatoms. The van der Waals surface area contributed by atoms with Crippen molar-refractivity contribution in [2.75, 3.05) is 13.7 Å². The molecule has 2 unspecified atom stereocenters. The number of nitrogens with zero attached hydrogens (tertiary/aromatic N) is 1. The van der Waals surface area contributed by atoms with Gasteiger partial charge >= 0.3 is 0 Å². The van der Waals surface area contributed by atoms with Gasteiger partial charge in [-0.05, 0) is 25.3 Å². The minimum absolute atomic E-state index is 0.0191. The van der Waals surface area contributed by atoms with Crippen molar-refractivity contribution in [3.8, 4) is 0 Å². The first-order chi connectivity index (χ1) is 10.6. The molecule has 0 saturated heterocycles. The molecule has 0 spiro atoms. The van der Waals surface area contributed by atoms with E-state index in [2.05, 4.69) is 5.32 Å². The van der Waals surface area contributed by atoms with E-state index in [1.54, 1.807) is 0 Å². The summed E-state index contributed by atoms with van der Waals surface area (Å²) < 4.78 is 0. The number of benzene rings is 1. The molecule has 1 aromatic carbocycles. The van der Waals surface area contributed by atoms with Gasteiger partial charge in [-0.2, -0.15) is 0 Å². The highest BCUT2D eigenvalue weighted by atomic mass is 16.3. The van der Waals surface area contributed by atoms with Crippen LogP contribution in [-0.2, 0) is 4.79 Å². The molecular weight excluding hydrogens is 276 g/mol. The Morgan fingerprint density at radius 2 is 1.91 bits per heavy atom. The fourth-order valence-corrected chi connectivity index (χ4v) is 3.27.